The van der Waals surface area contributed by atoms with Gasteiger partial charge in [-0.15, -0.1) is 0 Å². The third-order valence-electron chi connectivity index (χ3n) is 4.08. The van der Waals surface area contributed by atoms with E-state index in [1.54, 1.807) is 4.90 Å². The molecule has 0 aliphatic heterocycles. The van der Waals surface area contributed by atoms with Crippen LogP contribution < -0.4 is 0 Å². The van der Waals surface area contributed by atoms with E-state index in [1.807, 2.05) is 20.8 Å². The van der Waals surface area contributed by atoms with Gasteiger partial charge >= 0.3 is 5.97 Å². The highest BCUT2D eigenvalue weighted by Crippen LogP contribution is 2.37. The van der Waals surface area contributed by atoms with Crippen molar-refractivity contribution in [2.24, 2.45) is 5.41 Å². The Labute approximate surface area is 109 Å². The number of rotatable bonds is 5. The summed E-state index contributed by atoms with van der Waals surface area (Å²) in [4.78, 5) is 25.1. The molecular weight excluding hydrogens is 230 g/mol. The van der Waals surface area contributed by atoms with Gasteiger partial charge < -0.3 is 10.0 Å². The van der Waals surface area contributed by atoms with Gasteiger partial charge in [0.2, 0.25) is 5.91 Å². The largest absolute Gasteiger partial charge is 0.481 e. The first-order valence-electron chi connectivity index (χ1n) is 6.93. The summed E-state index contributed by atoms with van der Waals surface area (Å²) in [6, 6.07) is -0.223. The van der Waals surface area contributed by atoms with Crippen LogP contribution in [0.15, 0.2) is 0 Å². The fourth-order valence-electron chi connectivity index (χ4n) is 2.91. The van der Waals surface area contributed by atoms with Crippen LogP contribution in [-0.4, -0.2) is 34.5 Å². The maximum Gasteiger partial charge on any atom is 0.305 e. The minimum absolute atomic E-state index is 0.0235. The third kappa shape index (κ3) is 3.47. The molecule has 1 aliphatic carbocycles. The molecule has 1 aliphatic rings. The molecule has 0 aromatic carbocycles. The standard InChI is InChI=1S/C14H25NO3/c1-4-15(11(2)10-12(16)17)13(18)14(3)8-6-5-7-9-14/h11H,4-10H2,1-3H3,(H,16,17). The van der Waals surface area contributed by atoms with Gasteiger partial charge in [-0.3, -0.25) is 9.59 Å². The molecule has 0 saturated heterocycles. The van der Waals surface area contributed by atoms with E-state index in [-0.39, 0.29) is 23.8 Å². The van der Waals surface area contributed by atoms with Crippen molar-refractivity contribution >= 4 is 11.9 Å². The molecule has 1 unspecified atom stereocenters. The summed E-state index contributed by atoms with van der Waals surface area (Å²) >= 11 is 0. The molecule has 1 N–H and O–H groups in total. The van der Waals surface area contributed by atoms with E-state index in [0.29, 0.717) is 6.54 Å². The quantitative estimate of drug-likeness (QED) is 0.821. The Kier molecular flexibility index (Phi) is 5.17. The summed E-state index contributed by atoms with van der Waals surface area (Å²) in [5.41, 5.74) is -0.277. The van der Waals surface area contributed by atoms with Gasteiger partial charge in [0, 0.05) is 18.0 Å². The van der Waals surface area contributed by atoms with Crippen molar-refractivity contribution in [3.8, 4) is 0 Å². The second-order valence-electron chi connectivity index (χ2n) is 5.66. The number of hydrogen-bond acceptors (Lipinski definition) is 2. The summed E-state index contributed by atoms with van der Waals surface area (Å²) in [6.07, 6.45) is 5.31. The van der Waals surface area contributed by atoms with Crippen molar-refractivity contribution in [2.75, 3.05) is 6.54 Å². The van der Waals surface area contributed by atoms with Crippen LogP contribution in [0.2, 0.25) is 0 Å². The smallest absolute Gasteiger partial charge is 0.305 e. The number of hydrogen-bond donors (Lipinski definition) is 1. The van der Waals surface area contributed by atoms with Crippen molar-refractivity contribution in [1.29, 1.82) is 0 Å². The molecule has 1 atom stereocenters. The summed E-state index contributed by atoms with van der Waals surface area (Å²) < 4.78 is 0. The van der Waals surface area contributed by atoms with E-state index in [1.165, 1.54) is 6.42 Å². The van der Waals surface area contributed by atoms with E-state index >= 15 is 0 Å². The number of carboxylic acids is 1. The van der Waals surface area contributed by atoms with Gasteiger partial charge in [-0.2, -0.15) is 0 Å². The molecule has 0 radical (unpaired) electrons. The predicted octanol–water partition coefficient (Wildman–Crippen LogP) is 2.67. The molecular formula is C14H25NO3. The highest BCUT2D eigenvalue weighted by molar-refractivity contribution is 5.83. The Hall–Kier alpha value is -1.06. The molecule has 4 nitrogen and oxygen atoms in total. The van der Waals surface area contributed by atoms with Gasteiger partial charge in [0.05, 0.1) is 6.42 Å². The Morgan fingerprint density at radius 1 is 1.28 bits per heavy atom. The van der Waals surface area contributed by atoms with Gasteiger partial charge in [0.25, 0.3) is 0 Å². The molecule has 1 rings (SSSR count). The van der Waals surface area contributed by atoms with Crippen LogP contribution in [0.5, 0.6) is 0 Å². The second kappa shape index (κ2) is 6.21. The van der Waals surface area contributed by atoms with Gasteiger partial charge in [-0.1, -0.05) is 26.2 Å². The summed E-state index contributed by atoms with van der Waals surface area (Å²) in [5.74, 6) is -0.707. The average Bonchev–Trinajstić information content (AvgIpc) is 2.29. The fourth-order valence-corrected chi connectivity index (χ4v) is 2.91. The molecule has 0 heterocycles. The first-order chi connectivity index (χ1) is 8.40. The van der Waals surface area contributed by atoms with E-state index in [9.17, 15) is 9.59 Å². The van der Waals surface area contributed by atoms with Crippen molar-refractivity contribution in [1.82, 2.24) is 4.90 Å². The number of nitrogens with zero attached hydrogens (tertiary/aromatic N) is 1. The van der Waals surface area contributed by atoms with E-state index < -0.39 is 5.97 Å². The van der Waals surface area contributed by atoms with Gasteiger partial charge in [0.1, 0.15) is 0 Å². The maximum absolute atomic E-state index is 12.6. The molecule has 1 fully saturated rings. The molecule has 1 amide bonds. The number of carboxylic acid groups (broad SMARTS) is 1. The molecule has 1 saturated carbocycles. The van der Waals surface area contributed by atoms with Crippen molar-refractivity contribution in [3.05, 3.63) is 0 Å². The van der Waals surface area contributed by atoms with Crippen molar-refractivity contribution in [3.63, 3.8) is 0 Å². The minimum atomic E-state index is -0.845. The zero-order valence-electron chi connectivity index (χ0n) is 11.7. The predicted molar refractivity (Wildman–Crippen MR) is 70.3 cm³/mol. The monoisotopic (exact) mass is 255 g/mol. The lowest BCUT2D eigenvalue weighted by Crippen LogP contribution is -2.48. The highest BCUT2D eigenvalue weighted by atomic mass is 16.4. The average molecular weight is 255 g/mol. The Bertz CT molecular complexity index is 308. The molecule has 104 valence electrons. The van der Waals surface area contributed by atoms with E-state index in [4.69, 9.17) is 5.11 Å². The number of carbonyl (C=O) groups excluding carboxylic acids is 1. The summed E-state index contributed by atoms with van der Waals surface area (Å²) in [7, 11) is 0. The molecule has 0 aromatic heterocycles. The normalized spacial score (nSPS) is 20.2. The first kappa shape index (κ1) is 15.0. The lowest BCUT2D eigenvalue weighted by molar-refractivity contribution is -0.147. The molecule has 0 bridgehead atoms. The number of amides is 1. The zero-order valence-corrected chi connectivity index (χ0v) is 11.7. The lowest BCUT2D eigenvalue weighted by Gasteiger charge is -2.39. The Morgan fingerprint density at radius 2 is 1.83 bits per heavy atom. The topological polar surface area (TPSA) is 57.6 Å². The first-order valence-corrected chi connectivity index (χ1v) is 6.93. The van der Waals surface area contributed by atoms with Crippen LogP contribution in [0.25, 0.3) is 0 Å². The SMILES string of the molecule is CCN(C(=O)C1(C)CCCCC1)C(C)CC(=O)O. The van der Waals surface area contributed by atoms with Crippen molar-refractivity contribution < 1.29 is 14.7 Å². The molecule has 4 heteroatoms. The van der Waals surface area contributed by atoms with Crippen LogP contribution >= 0.6 is 0 Å². The zero-order chi connectivity index (χ0) is 13.8. The van der Waals surface area contributed by atoms with E-state index in [2.05, 4.69) is 0 Å². The van der Waals surface area contributed by atoms with Gasteiger partial charge in [-0.25, -0.2) is 0 Å². The molecule has 18 heavy (non-hydrogen) atoms. The van der Waals surface area contributed by atoms with Gasteiger partial charge in [-0.05, 0) is 26.7 Å². The Balaban J connectivity index is 2.74. The highest BCUT2D eigenvalue weighted by Gasteiger charge is 2.38. The maximum atomic E-state index is 12.6. The van der Waals surface area contributed by atoms with Crippen LogP contribution in [0.1, 0.15) is 59.3 Å². The van der Waals surface area contributed by atoms with E-state index in [0.717, 1.165) is 25.7 Å². The van der Waals surface area contributed by atoms with Gasteiger partial charge in [0.15, 0.2) is 0 Å². The van der Waals surface area contributed by atoms with Crippen LogP contribution in [0.3, 0.4) is 0 Å². The number of carbonyl (C=O) groups is 2. The Morgan fingerprint density at radius 3 is 2.28 bits per heavy atom. The molecule has 0 spiro atoms. The lowest BCUT2D eigenvalue weighted by atomic mass is 9.74. The van der Waals surface area contributed by atoms with Crippen LogP contribution in [0, 0.1) is 5.41 Å². The summed E-state index contributed by atoms with van der Waals surface area (Å²) in [5, 5.41) is 8.85. The fraction of sp³-hybridized carbons (Fsp3) is 0.857. The molecule has 0 aromatic rings. The van der Waals surface area contributed by atoms with Crippen molar-refractivity contribution in [2.45, 2.75) is 65.3 Å². The van der Waals surface area contributed by atoms with Crippen LogP contribution in [0.4, 0.5) is 0 Å². The third-order valence-corrected chi connectivity index (χ3v) is 4.08. The minimum Gasteiger partial charge on any atom is -0.481 e. The van der Waals surface area contributed by atoms with Crippen LogP contribution in [-0.2, 0) is 9.59 Å². The number of aliphatic carboxylic acids is 1. The summed E-state index contributed by atoms with van der Waals surface area (Å²) in [6.45, 7) is 6.36. The second-order valence-corrected chi connectivity index (χ2v) is 5.66.